The number of rotatable bonds is 3. The third kappa shape index (κ3) is 3.64. The Morgan fingerprint density at radius 1 is 1.30 bits per heavy atom. The van der Waals surface area contributed by atoms with E-state index in [2.05, 4.69) is 11.9 Å². The molecule has 0 bridgehead atoms. The zero-order valence-corrected chi connectivity index (χ0v) is 13.0. The van der Waals surface area contributed by atoms with Gasteiger partial charge in [0.25, 0.3) is 5.91 Å². The molecule has 5 heteroatoms. The third-order valence-electron chi connectivity index (χ3n) is 3.60. The van der Waals surface area contributed by atoms with Crippen molar-refractivity contribution < 1.29 is 9.53 Å². The number of halogens is 1. The van der Waals surface area contributed by atoms with Gasteiger partial charge < -0.3 is 14.5 Å². The normalized spacial score (nSPS) is 17.9. The summed E-state index contributed by atoms with van der Waals surface area (Å²) in [5.41, 5.74) is 0.940. The van der Waals surface area contributed by atoms with Crippen molar-refractivity contribution in [1.29, 1.82) is 0 Å². The van der Waals surface area contributed by atoms with Gasteiger partial charge in [0.1, 0.15) is 5.75 Å². The van der Waals surface area contributed by atoms with E-state index in [0.29, 0.717) is 10.8 Å². The van der Waals surface area contributed by atoms with Crippen molar-refractivity contribution in [3.63, 3.8) is 0 Å². The van der Waals surface area contributed by atoms with Crippen molar-refractivity contribution in [3.05, 3.63) is 28.8 Å². The summed E-state index contributed by atoms with van der Waals surface area (Å²) in [7, 11) is 2.07. The maximum atomic E-state index is 12.3. The molecular weight excluding hydrogens is 276 g/mol. The standard InChI is InChI=1S/C15H21ClN2O2/c1-11-10-13(16)4-5-14(11)20-12(2)15(19)18-8-6-17(3)7-9-18/h4-5,10,12H,6-9H2,1-3H3/t12-/m0/s1. The van der Waals surface area contributed by atoms with Crippen LogP contribution in [0.5, 0.6) is 5.75 Å². The van der Waals surface area contributed by atoms with Crippen LogP contribution in [0.15, 0.2) is 18.2 Å². The average Bonchev–Trinajstić information content (AvgIpc) is 2.42. The first-order valence-corrected chi connectivity index (χ1v) is 7.25. The number of benzene rings is 1. The van der Waals surface area contributed by atoms with Gasteiger partial charge in [-0.25, -0.2) is 0 Å². The van der Waals surface area contributed by atoms with E-state index in [0.717, 1.165) is 31.7 Å². The number of amides is 1. The first kappa shape index (κ1) is 15.1. The van der Waals surface area contributed by atoms with Crippen LogP contribution in [0.1, 0.15) is 12.5 Å². The Labute approximate surface area is 125 Å². The van der Waals surface area contributed by atoms with Crippen molar-refractivity contribution >= 4 is 17.5 Å². The minimum Gasteiger partial charge on any atom is -0.481 e. The monoisotopic (exact) mass is 296 g/mol. The fourth-order valence-electron chi connectivity index (χ4n) is 2.27. The molecule has 0 spiro atoms. The lowest BCUT2D eigenvalue weighted by Gasteiger charge is -2.34. The molecule has 0 N–H and O–H groups in total. The van der Waals surface area contributed by atoms with E-state index >= 15 is 0 Å². The number of likely N-dealkylation sites (N-methyl/N-ethyl adjacent to an activating group) is 1. The summed E-state index contributed by atoms with van der Waals surface area (Å²) in [6, 6.07) is 5.42. The molecule has 0 aromatic heterocycles. The lowest BCUT2D eigenvalue weighted by atomic mass is 10.2. The van der Waals surface area contributed by atoms with Crippen LogP contribution < -0.4 is 4.74 Å². The zero-order chi connectivity index (χ0) is 14.7. The first-order chi connectivity index (χ1) is 9.47. The van der Waals surface area contributed by atoms with E-state index in [-0.39, 0.29) is 5.91 Å². The second-order valence-corrected chi connectivity index (χ2v) is 5.73. The van der Waals surface area contributed by atoms with Gasteiger partial charge in [0.05, 0.1) is 0 Å². The number of carbonyl (C=O) groups is 1. The zero-order valence-electron chi connectivity index (χ0n) is 12.2. The summed E-state index contributed by atoms with van der Waals surface area (Å²) < 4.78 is 5.78. The number of hydrogen-bond acceptors (Lipinski definition) is 3. The van der Waals surface area contributed by atoms with Crippen molar-refractivity contribution in [1.82, 2.24) is 9.80 Å². The molecule has 1 fully saturated rings. The smallest absolute Gasteiger partial charge is 0.263 e. The van der Waals surface area contributed by atoms with Gasteiger partial charge in [-0.2, -0.15) is 0 Å². The van der Waals surface area contributed by atoms with Gasteiger partial charge in [-0.15, -0.1) is 0 Å². The van der Waals surface area contributed by atoms with Crippen molar-refractivity contribution in [2.24, 2.45) is 0 Å². The molecule has 1 aliphatic heterocycles. The molecular formula is C15H21ClN2O2. The molecule has 0 saturated carbocycles. The van der Waals surface area contributed by atoms with Crippen molar-refractivity contribution in [2.45, 2.75) is 20.0 Å². The Hall–Kier alpha value is -1.26. The summed E-state index contributed by atoms with van der Waals surface area (Å²) in [4.78, 5) is 16.4. The largest absolute Gasteiger partial charge is 0.481 e. The molecule has 0 unspecified atom stereocenters. The molecule has 1 aromatic rings. The molecule has 1 atom stereocenters. The molecule has 1 aromatic carbocycles. The topological polar surface area (TPSA) is 32.8 Å². The van der Waals surface area contributed by atoms with Gasteiger partial charge in [0.2, 0.25) is 0 Å². The number of carbonyl (C=O) groups excluding carboxylic acids is 1. The predicted molar refractivity (Wildman–Crippen MR) is 80.4 cm³/mol. The van der Waals surface area contributed by atoms with Gasteiger partial charge in [0.15, 0.2) is 6.10 Å². The minimum atomic E-state index is -0.474. The molecule has 1 aliphatic rings. The fraction of sp³-hybridized carbons (Fsp3) is 0.533. The quantitative estimate of drug-likeness (QED) is 0.857. The summed E-state index contributed by atoms with van der Waals surface area (Å²) in [6.07, 6.45) is -0.474. The summed E-state index contributed by atoms with van der Waals surface area (Å²) in [5.74, 6) is 0.761. The molecule has 1 amide bonds. The van der Waals surface area contributed by atoms with Crippen LogP contribution in [0.4, 0.5) is 0 Å². The predicted octanol–water partition coefficient (Wildman–Crippen LogP) is 2.19. The highest BCUT2D eigenvalue weighted by Crippen LogP contribution is 2.23. The Bertz CT molecular complexity index is 485. The highest BCUT2D eigenvalue weighted by atomic mass is 35.5. The molecule has 4 nitrogen and oxygen atoms in total. The molecule has 2 rings (SSSR count). The summed E-state index contributed by atoms with van der Waals surface area (Å²) in [6.45, 7) is 7.09. The Balaban J connectivity index is 1.97. The van der Waals surface area contributed by atoms with Gasteiger partial charge in [-0.05, 0) is 44.7 Å². The molecule has 20 heavy (non-hydrogen) atoms. The Morgan fingerprint density at radius 3 is 2.55 bits per heavy atom. The van der Waals surface area contributed by atoms with E-state index < -0.39 is 6.10 Å². The van der Waals surface area contributed by atoms with E-state index in [1.54, 1.807) is 13.0 Å². The first-order valence-electron chi connectivity index (χ1n) is 6.87. The van der Waals surface area contributed by atoms with Gasteiger partial charge in [-0.3, -0.25) is 4.79 Å². The summed E-state index contributed by atoms with van der Waals surface area (Å²) in [5, 5.41) is 0.674. The number of nitrogens with zero attached hydrogens (tertiary/aromatic N) is 2. The number of piperazine rings is 1. The number of hydrogen-bond donors (Lipinski definition) is 0. The highest BCUT2D eigenvalue weighted by molar-refractivity contribution is 6.30. The van der Waals surface area contributed by atoms with Crippen LogP contribution in [0.2, 0.25) is 5.02 Å². The average molecular weight is 297 g/mol. The second kappa shape index (κ2) is 6.46. The van der Waals surface area contributed by atoms with E-state index in [1.807, 2.05) is 24.0 Å². The lowest BCUT2D eigenvalue weighted by molar-refractivity contribution is -0.139. The molecule has 0 radical (unpaired) electrons. The van der Waals surface area contributed by atoms with Crippen molar-refractivity contribution in [2.75, 3.05) is 33.2 Å². The fourth-order valence-corrected chi connectivity index (χ4v) is 2.50. The third-order valence-corrected chi connectivity index (χ3v) is 3.84. The highest BCUT2D eigenvalue weighted by Gasteiger charge is 2.25. The molecule has 110 valence electrons. The summed E-state index contributed by atoms with van der Waals surface area (Å²) >= 11 is 5.92. The van der Waals surface area contributed by atoms with Gasteiger partial charge in [0, 0.05) is 31.2 Å². The Morgan fingerprint density at radius 2 is 1.95 bits per heavy atom. The minimum absolute atomic E-state index is 0.0486. The van der Waals surface area contributed by atoms with E-state index in [9.17, 15) is 4.79 Å². The molecule has 0 aliphatic carbocycles. The SMILES string of the molecule is Cc1cc(Cl)ccc1O[C@@H](C)C(=O)N1CCN(C)CC1. The van der Waals surface area contributed by atoms with E-state index in [1.165, 1.54) is 0 Å². The van der Waals surface area contributed by atoms with Crippen LogP contribution in [0.3, 0.4) is 0 Å². The second-order valence-electron chi connectivity index (χ2n) is 5.30. The van der Waals surface area contributed by atoms with Crippen LogP contribution in [0.25, 0.3) is 0 Å². The maximum Gasteiger partial charge on any atom is 0.263 e. The molecule has 1 saturated heterocycles. The van der Waals surface area contributed by atoms with Crippen LogP contribution in [0, 0.1) is 6.92 Å². The van der Waals surface area contributed by atoms with Gasteiger partial charge >= 0.3 is 0 Å². The number of aryl methyl sites for hydroxylation is 1. The van der Waals surface area contributed by atoms with Crippen LogP contribution in [-0.2, 0) is 4.79 Å². The number of ether oxygens (including phenoxy) is 1. The lowest BCUT2D eigenvalue weighted by Crippen LogP contribution is -2.50. The van der Waals surface area contributed by atoms with Crippen LogP contribution >= 0.6 is 11.6 Å². The van der Waals surface area contributed by atoms with Gasteiger partial charge in [-0.1, -0.05) is 11.6 Å². The van der Waals surface area contributed by atoms with Crippen LogP contribution in [-0.4, -0.2) is 55.0 Å². The molecule has 1 heterocycles. The maximum absolute atomic E-state index is 12.3. The Kier molecular flexibility index (Phi) is 4.89. The van der Waals surface area contributed by atoms with Crippen molar-refractivity contribution in [3.8, 4) is 5.75 Å². The van der Waals surface area contributed by atoms with E-state index in [4.69, 9.17) is 16.3 Å².